The molecule has 0 radical (unpaired) electrons. The van der Waals surface area contributed by atoms with Crippen LogP contribution in [-0.2, 0) is 11.3 Å². The number of aromatic nitrogens is 2. The molecule has 2 heterocycles. The van der Waals surface area contributed by atoms with E-state index in [1.807, 2.05) is 18.7 Å². The molecule has 1 fully saturated rings. The molecule has 1 saturated heterocycles. The molecule has 1 aromatic heterocycles. The normalized spacial score (nSPS) is 16.9. The number of carbonyl (C=O) groups excluding carboxylic acids is 1. The van der Waals surface area contributed by atoms with Gasteiger partial charge < -0.3 is 10.6 Å². The summed E-state index contributed by atoms with van der Waals surface area (Å²) >= 11 is 0. The van der Waals surface area contributed by atoms with Gasteiger partial charge in [0.2, 0.25) is 5.91 Å². The second kappa shape index (κ2) is 5.85. The van der Waals surface area contributed by atoms with E-state index in [2.05, 4.69) is 18.9 Å². The number of nitrogens with two attached hydrogens (primary N) is 1. The monoisotopic (exact) mass is 278 g/mol. The van der Waals surface area contributed by atoms with Crippen LogP contribution in [0.2, 0.25) is 0 Å². The van der Waals surface area contributed by atoms with Crippen LogP contribution in [0.25, 0.3) is 0 Å². The number of piperidine rings is 1. The summed E-state index contributed by atoms with van der Waals surface area (Å²) in [4.78, 5) is 14.3. The van der Waals surface area contributed by atoms with Gasteiger partial charge in [0.05, 0.1) is 17.1 Å². The van der Waals surface area contributed by atoms with Crippen LogP contribution in [-0.4, -0.2) is 33.7 Å². The van der Waals surface area contributed by atoms with Crippen LogP contribution in [0.4, 0.5) is 5.69 Å². The standard InChI is InChI=1S/C15H26N4O/c1-10(2)13-5-7-18(8-6-13)14(20)9-19-12(4)15(16)11(3)17-19/h10,13H,5-9,16H2,1-4H3. The van der Waals surface area contributed by atoms with Gasteiger partial charge in [0.15, 0.2) is 0 Å². The summed E-state index contributed by atoms with van der Waals surface area (Å²) in [5.41, 5.74) is 8.27. The van der Waals surface area contributed by atoms with Crippen molar-refractivity contribution in [2.45, 2.75) is 47.1 Å². The summed E-state index contributed by atoms with van der Waals surface area (Å²) in [5.74, 6) is 1.62. The zero-order valence-electron chi connectivity index (χ0n) is 13.0. The summed E-state index contributed by atoms with van der Waals surface area (Å²) in [5, 5.41) is 4.33. The molecule has 20 heavy (non-hydrogen) atoms. The number of rotatable bonds is 3. The molecule has 1 amide bonds. The predicted molar refractivity (Wildman–Crippen MR) is 80.3 cm³/mol. The number of nitrogen functional groups attached to an aromatic ring is 1. The molecule has 0 aromatic carbocycles. The van der Waals surface area contributed by atoms with E-state index in [9.17, 15) is 4.79 Å². The Balaban J connectivity index is 1.94. The van der Waals surface area contributed by atoms with Crippen LogP contribution >= 0.6 is 0 Å². The van der Waals surface area contributed by atoms with Gasteiger partial charge in [0.25, 0.3) is 0 Å². The Morgan fingerprint density at radius 1 is 1.35 bits per heavy atom. The van der Waals surface area contributed by atoms with Gasteiger partial charge in [-0.3, -0.25) is 9.48 Å². The number of carbonyl (C=O) groups is 1. The molecular weight excluding hydrogens is 252 g/mol. The van der Waals surface area contributed by atoms with Crippen molar-refractivity contribution < 1.29 is 4.79 Å². The molecule has 2 N–H and O–H groups in total. The Bertz CT molecular complexity index is 484. The summed E-state index contributed by atoms with van der Waals surface area (Å²) in [6.45, 7) is 10.4. The van der Waals surface area contributed by atoms with Gasteiger partial charge in [-0.2, -0.15) is 5.10 Å². The third-order valence-corrected chi connectivity index (χ3v) is 4.56. The smallest absolute Gasteiger partial charge is 0.244 e. The topological polar surface area (TPSA) is 64.2 Å². The second-order valence-electron chi connectivity index (χ2n) is 6.20. The van der Waals surface area contributed by atoms with E-state index in [-0.39, 0.29) is 5.91 Å². The van der Waals surface area contributed by atoms with Crippen molar-refractivity contribution in [2.75, 3.05) is 18.8 Å². The van der Waals surface area contributed by atoms with E-state index >= 15 is 0 Å². The molecule has 0 unspecified atom stereocenters. The molecule has 0 aliphatic carbocycles. The fourth-order valence-electron chi connectivity index (χ4n) is 2.91. The van der Waals surface area contributed by atoms with Crippen molar-refractivity contribution in [3.05, 3.63) is 11.4 Å². The van der Waals surface area contributed by atoms with Crippen molar-refractivity contribution >= 4 is 11.6 Å². The van der Waals surface area contributed by atoms with Crippen LogP contribution in [0.1, 0.15) is 38.1 Å². The van der Waals surface area contributed by atoms with Gasteiger partial charge in [-0.25, -0.2) is 0 Å². The van der Waals surface area contributed by atoms with E-state index < -0.39 is 0 Å². The Hall–Kier alpha value is -1.52. The molecule has 0 atom stereocenters. The first-order chi connectivity index (χ1) is 9.40. The van der Waals surface area contributed by atoms with Crippen molar-refractivity contribution in [3.63, 3.8) is 0 Å². The maximum absolute atomic E-state index is 12.3. The van der Waals surface area contributed by atoms with Gasteiger partial charge in [-0.15, -0.1) is 0 Å². The number of hydrogen-bond donors (Lipinski definition) is 1. The summed E-state index contributed by atoms with van der Waals surface area (Å²) in [7, 11) is 0. The number of anilines is 1. The fourth-order valence-corrected chi connectivity index (χ4v) is 2.91. The fraction of sp³-hybridized carbons (Fsp3) is 0.733. The van der Waals surface area contributed by atoms with Crippen LogP contribution in [0.3, 0.4) is 0 Å². The highest BCUT2D eigenvalue weighted by atomic mass is 16.2. The lowest BCUT2D eigenvalue weighted by molar-refractivity contribution is -0.133. The van der Waals surface area contributed by atoms with E-state index in [1.165, 1.54) is 0 Å². The molecule has 1 aliphatic heterocycles. The quantitative estimate of drug-likeness (QED) is 0.919. The minimum atomic E-state index is 0.151. The molecular formula is C15H26N4O. The molecule has 112 valence electrons. The maximum Gasteiger partial charge on any atom is 0.244 e. The van der Waals surface area contributed by atoms with E-state index in [4.69, 9.17) is 5.73 Å². The van der Waals surface area contributed by atoms with E-state index in [1.54, 1.807) is 4.68 Å². The molecule has 5 heteroatoms. The SMILES string of the molecule is Cc1nn(CC(=O)N2CCC(C(C)C)CC2)c(C)c1N. The van der Waals surface area contributed by atoms with Gasteiger partial charge >= 0.3 is 0 Å². The summed E-state index contributed by atoms with van der Waals surface area (Å²) in [6, 6.07) is 0. The van der Waals surface area contributed by atoms with Crippen LogP contribution in [0, 0.1) is 25.7 Å². The van der Waals surface area contributed by atoms with Gasteiger partial charge in [-0.1, -0.05) is 13.8 Å². The Morgan fingerprint density at radius 3 is 2.40 bits per heavy atom. The molecule has 0 saturated carbocycles. The maximum atomic E-state index is 12.3. The molecule has 1 aliphatic rings. The molecule has 2 rings (SSSR count). The number of amides is 1. The van der Waals surface area contributed by atoms with Crippen molar-refractivity contribution in [3.8, 4) is 0 Å². The van der Waals surface area contributed by atoms with Crippen molar-refractivity contribution in [1.29, 1.82) is 0 Å². The Kier molecular flexibility index (Phi) is 4.35. The zero-order chi connectivity index (χ0) is 14.9. The number of aryl methyl sites for hydroxylation is 1. The third-order valence-electron chi connectivity index (χ3n) is 4.56. The Labute approximate surface area is 121 Å². The number of hydrogen-bond acceptors (Lipinski definition) is 3. The van der Waals surface area contributed by atoms with Crippen molar-refractivity contribution in [1.82, 2.24) is 14.7 Å². The van der Waals surface area contributed by atoms with Gasteiger partial charge in [-0.05, 0) is 38.5 Å². The highest BCUT2D eigenvalue weighted by Gasteiger charge is 2.25. The number of nitrogens with zero attached hydrogens (tertiary/aromatic N) is 3. The van der Waals surface area contributed by atoms with E-state index in [0.29, 0.717) is 18.2 Å². The lowest BCUT2D eigenvalue weighted by Gasteiger charge is -2.34. The molecule has 0 spiro atoms. The Morgan fingerprint density at radius 2 is 1.95 bits per heavy atom. The average molecular weight is 278 g/mol. The van der Waals surface area contributed by atoms with E-state index in [0.717, 1.165) is 43.2 Å². The molecule has 5 nitrogen and oxygen atoms in total. The van der Waals surface area contributed by atoms with Gasteiger partial charge in [0.1, 0.15) is 6.54 Å². The largest absolute Gasteiger partial charge is 0.396 e. The first-order valence-corrected chi connectivity index (χ1v) is 7.47. The minimum absolute atomic E-state index is 0.151. The summed E-state index contributed by atoms with van der Waals surface area (Å²) < 4.78 is 1.72. The lowest BCUT2D eigenvalue weighted by Crippen LogP contribution is -2.41. The van der Waals surface area contributed by atoms with Crippen molar-refractivity contribution in [2.24, 2.45) is 11.8 Å². The first-order valence-electron chi connectivity index (χ1n) is 7.47. The highest BCUT2D eigenvalue weighted by Crippen LogP contribution is 2.24. The highest BCUT2D eigenvalue weighted by molar-refractivity contribution is 5.76. The van der Waals surface area contributed by atoms with Crippen LogP contribution in [0.5, 0.6) is 0 Å². The molecule has 0 bridgehead atoms. The van der Waals surface area contributed by atoms with Crippen LogP contribution < -0.4 is 5.73 Å². The average Bonchev–Trinajstić information content (AvgIpc) is 2.66. The number of likely N-dealkylation sites (tertiary alicyclic amines) is 1. The minimum Gasteiger partial charge on any atom is -0.396 e. The molecule has 1 aromatic rings. The zero-order valence-corrected chi connectivity index (χ0v) is 13.0. The lowest BCUT2D eigenvalue weighted by atomic mass is 9.87. The first kappa shape index (κ1) is 14.9. The van der Waals surface area contributed by atoms with Gasteiger partial charge in [0, 0.05) is 13.1 Å². The third kappa shape index (κ3) is 2.97. The predicted octanol–water partition coefficient (Wildman–Crippen LogP) is 1.98. The second-order valence-corrected chi connectivity index (χ2v) is 6.20. The summed E-state index contributed by atoms with van der Waals surface area (Å²) in [6.07, 6.45) is 2.23. The van der Waals surface area contributed by atoms with Crippen LogP contribution in [0.15, 0.2) is 0 Å².